The highest BCUT2D eigenvalue weighted by atomic mass is 16.4. The summed E-state index contributed by atoms with van der Waals surface area (Å²) in [5, 5.41) is 17.5. The maximum absolute atomic E-state index is 11.0. The molecule has 1 unspecified atom stereocenters. The van der Waals surface area contributed by atoms with Crippen LogP contribution in [0, 0.1) is 5.92 Å². The molecule has 4 heteroatoms. The molecule has 0 amide bonds. The van der Waals surface area contributed by atoms with Gasteiger partial charge in [-0.2, -0.15) is 0 Å². The molecule has 0 bridgehead atoms. The molecule has 0 saturated carbocycles. The van der Waals surface area contributed by atoms with Gasteiger partial charge in [0.1, 0.15) is 0 Å². The van der Waals surface area contributed by atoms with Crippen LogP contribution in [0.3, 0.4) is 0 Å². The number of hydrogen-bond acceptors (Lipinski definition) is 2. The molecular formula is C14H24O4. The number of aliphatic carboxylic acids is 2. The van der Waals surface area contributed by atoms with Crippen molar-refractivity contribution in [3.05, 3.63) is 12.2 Å². The zero-order chi connectivity index (χ0) is 13.8. The van der Waals surface area contributed by atoms with Crippen molar-refractivity contribution < 1.29 is 19.8 Å². The highest BCUT2D eigenvalue weighted by Crippen LogP contribution is 2.16. The third kappa shape index (κ3) is 9.87. The summed E-state index contributed by atoms with van der Waals surface area (Å²) in [7, 11) is 0. The number of carboxylic acids is 2. The Hall–Kier alpha value is -1.32. The van der Waals surface area contributed by atoms with Crippen LogP contribution in [0.25, 0.3) is 0 Å². The fraction of sp³-hybridized carbons (Fsp3) is 0.714. The van der Waals surface area contributed by atoms with Gasteiger partial charge in [0.2, 0.25) is 0 Å². The first-order chi connectivity index (χ1) is 8.57. The normalized spacial score (nSPS) is 12.7. The van der Waals surface area contributed by atoms with E-state index in [9.17, 15) is 9.59 Å². The molecule has 0 aliphatic rings. The smallest absolute Gasteiger partial charge is 0.306 e. The lowest BCUT2D eigenvalue weighted by Crippen LogP contribution is -2.13. The minimum absolute atomic E-state index is 0.0517. The Morgan fingerprint density at radius 1 is 1.06 bits per heavy atom. The van der Waals surface area contributed by atoms with Crippen LogP contribution < -0.4 is 0 Å². The number of rotatable bonds is 11. The van der Waals surface area contributed by atoms with Crippen LogP contribution in [0.5, 0.6) is 0 Å². The SMILES string of the molecule is CCCCC=CCCC(CCCC(=O)O)C(=O)O. The van der Waals surface area contributed by atoms with E-state index in [2.05, 4.69) is 13.0 Å². The number of unbranched alkanes of at least 4 members (excludes halogenated alkanes) is 2. The summed E-state index contributed by atoms with van der Waals surface area (Å²) in [4.78, 5) is 21.3. The highest BCUT2D eigenvalue weighted by Gasteiger charge is 2.16. The first-order valence-electron chi connectivity index (χ1n) is 6.67. The molecule has 104 valence electrons. The van der Waals surface area contributed by atoms with Crippen molar-refractivity contribution in [1.82, 2.24) is 0 Å². The molecule has 0 aliphatic heterocycles. The lowest BCUT2D eigenvalue weighted by atomic mass is 9.96. The van der Waals surface area contributed by atoms with Gasteiger partial charge in [0, 0.05) is 6.42 Å². The zero-order valence-electron chi connectivity index (χ0n) is 11.1. The van der Waals surface area contributed by atoms with E-state index in [-0.39, 0.29) is 6.42 Å². The summed E-state index contributed by atoms with van der Waals surface area (Å²) in [6.45, 7) is 2.14. The van der Waals surface area contributed by atoms with Gasteiger partial charge < -0.3 is 10.2 Å². The van der Waals surface area contributed by atoms with E-state index in [4.69, 9.17) is 10.2 Å². The molecule has 0 heterocycles. The van der Waals surface area contributed by atoms with Gasteiger partial charge in [0.05, 0.1) is 5.92 Å². The zero-order valence-corrected chi connectivity index (χ0v) is 11.1. The third-order valence-electron chi connectivity index (χ3n) is 2.87. The van der Waals surface area contributed by atoms with Crippen molar-refractivity contribution in [2.45, 2.75) is 58.3 Å². The van der Waals surface area contributed by atoms with Crippen LogP contribution in [0.4, 0.5) is 0 Å². The van der Waals surface area contributed by atoms with Gasteiger partial charge in [-0.05, 0) is 32.1 Å². The van der Waals surface area contributed by atoms with E-state index < -0.39 is 17.9 Å². The summed E-state index contributed by atoms with van der Waals surface area (Å²) in [5.41, 5.74) is 0. The lowest BCUT2D eigenvalue weighted by molar-refractivity contribution is -0.143. The standard InChI is InChI=1S/C14H24O4/c1-2-3-4-5-6-7-9-12(14(17)18)10-8-11-13(15)16/h5-6,12H,2-4,7-11H2,1H3,(H,15,16)(H,17,18). The topological polar surface area (TPSA) is 74.6 Å². The molecule has 0 saturated heterocycles. The minimum Gasteiger partial charge on any atom is -0.481 e. The van der Waals surface area contributed by atoms with Gasteiger partial charge in [-0.25, -0.2) is 0 Å². The molecule has 4 nitrogen and oxygen atoms in total. The Morgan fingerprint density at radius 2 is 1.72 bits per heavy atom. The third-order valence-corrected chi connectivity index (χ3v) is 2.87. The molecule has 2 N–H and O–H groups in total. The van der Waals surface area contributed by atoms with Gasteiger partial charge in [-0.15, -0.1) is 0 Å². The summed E-state index contributed by atoms with van der Waals surface area (Å²) in [6, 6.07) is 0. The van der Waals surface area contributed by atoms with Crippen molar-refractivity contribution in [3.8, 4) is 0 Å². The molecule has 0 aromatic heterocycles. The van der Waals surface area contributed by atoms with Gasteiger partial charge in [-0.1, -0.05) is 31.9 Å². The van der Waals surface area contributed by atoms with Crippen LogP contribution in [0.1, 0.15) is 58.3 Å². The van der Waals surface area contributed by atoms with Crippen LogP contribution in [0.15, 0.2) is 12.2 Å². The Bertz CT molecular complexity index is 271. The van der Waals surface area contributed by atoms with Gasteiger partial charge in [0.15, 0.2) is 0 Å². The number of hydrogen-bond donors (Lipinski definition) is 2. The molecular weight excluding hydrogens is 232 g/mol. The van der Waals surface area contributed by atoms with E-state index in [1.165, 1.54) is 0 Å². The van der Waals surface area contributed by atoms with E-state index >= 15 is 0 Å². The second kappa shape index (κ2) is 10.8. The quantitative estimate of drug-likeness (QED) is 0.438. The van der Waals surface area contributed by atoms with E-state index in [1.54, 1.807) is 0 Å². The number of allylic oxidation sites excluding steroid dienone is 2. The second-order valence-corrected chi connectivity index (χ2v) is 4.51. The van der Waals surface area contributed by atoms with E-state index in [0.717, 1.165) is 25.7 Å². The monoisotopic (exact) mass is 256 g/mol. The first-order valence-corrected chi connectivity index (χ1v) is 6.67. The average Bonchev–Trinajstić information content (AvgIpc) is 2.30. The largest absolute Gasteiger partial charge is 0.481 e. The predicted octanol–water partition coefficient (Wildman–Crippen LogP) is 3.47. The van der Waals surface area contributed by atoms with E-state index in [1.807, 2.05) is 6.08 Å². The minimum atomic E-state index is -0.862. The molecule has 0 aromatic rings. The van der Waals surface area contributed by atoms with Crippen LogP contribution in [0.2, 0.25) is 0 Å². The van der Waals surface area contributed by atoms with Crippen molar-refractivity contribution >= 4 is 11.9 Å². The molecule has 18 heavy (non-hydrogen) atoms. The van der Waals surface area contributed by atoms with Crippen molar-refractivity contribution in [2.24, 2.45) is 5.92 Å². The predicted molar refractivity (Wildman–Crippen MR) is 70.5 cm³/mol. The fourth-order valence-electron chi connectivity index (χ4n) is 1.75. The van der Waals surface area contributed by atoms with Gasteiger partial charge >= 0.3 is 11.9 Å². The maximum atomic E-state index is 11.0. The fourth-order valence-corrected chi connectivity index (χ4v) is 1.75. The highest BCUT2D eigenvalue weighted by molar-refractivity contribution is 5.70. The van der Waals surface area contributed by atoms with Crippen LogP contribution in [-0.4, -0.2) is 22.2 Å². The molecule has 0 aromatic carbocycles. The van der Waals surface area contributed by atoms with Crippen LogP contribution in [-0.2, 0) is 9.59 Å². The van der Waals surface area contributed by atoms with E-state index in [0.29, 0.717) is 19.3 Å². The number of carbonyl (C=O) groups is 2. The van der Waals surface area contributed by atoms with Crippen LogP contribution >= 0.6 is 0 Å². The summed E-state index contributed by atoms with van der Waals surface area (Å²) < 4.78 is 0. The Morgan fingerprint density at radius 3 is 2.28 bits per heavy atom. The van der Waals surface area contributed by atoms with Gasteiger partial charge in [0.25, 0.3) is 0 Å². The summed E-state index contributed by atoms with van der Waals surface area (Å²) >= 11 is 0. The maximum Gasteiger partial charge on any atom is 0.306 e. The second-order valence-electron chi connectivity index (χ2n) is 4.51. The molecule has 0 rings (SSSR count). The molecule has 0 fully saturated rings. The summed E-state index contributed by atoms with van der Waals surface area (Å²) in [5.74, 6) is -2.10. The van der Waals surface area contributed by atoms with Gasteiger partial charge in [-0.3, -0.25) is 9.59 Å². The Labute approximate surface area is 109 Å². The average molecular weight is 256 g/mol. The summed E-state index contributed by atoms with van der Waals surface area (Å²) in [6.07, 6.45) is 9.79. The molecule has 0 radical (unpaired) electrons. The number of carboxylic acid groups (broad SMARTS) is 2. The van der Waals surface area contributed by atoms with Crippen molar-refractivity contribution in [3.63, 3.8) is 0 Å². The molecule has 0 spiro atoms. The van der Waals surface area contributed by atoms with Crippen molar-refractivity contribution in [2.75, 3.05) is 0 Å². The first kappa shape index (κ1) is 16.7. The Kier molecular flexibility index (Phi) is 10.0. The molecule has 0 aliphatic carbocycles. The molecule has 1 atom stereocenters. The Balaban J connectivity index is 3.79. The van der Waals surface area contributed by atoms with Crippen molar-refractivity contribution in [1.29, 1.82) is 0 Å². The lowest BCUT2D eigenvalue weighted by Gasteiger charge is -2.09.